The molecule has 0 aliphatic rings. The second-order valence-corrected chi connectivity index (χ2v) is 6.60. The van der Waals surface area contributed by atoms with Crippen LogP contribution in [-0.2, 0) is 6.54 Å². The van der Waals surface area contributed by atoms with E-state index in [0.29, 0.717) is 28.3 Å². The Morgan fingerprint density at radius 2 is 1.79 bits per heavy atom. The van der Waals surface area contributed by atoms with Gasteiger partial charge in [0.25, 0.3) is 5.56 Å². The van der Waals surface area contributed by atoms with E-state index in [-0.39, 0.29) is 17.9 Å². The minimum atomic E-state index is -0.322. The zero-order chi connectivity index (χ0) is 19.3. The summed E-state index contributed by atoms with van der Waals surface area (Å²) in [4.78, 5) is 13.1. The van der Waals surface area contributed by atoms with E-state index in [1.54, 1.807) is 22.8 Å². The van der Waals surface area contributed by atoms with Gasteiger partial charge < -0.3 is 4.42 Å². The fourth-order valence-electron chi connectivity index (χ4n) is 3.39. The number of fused-ring (bicyclic) bond motifs is 3. The molecular formula is C21H15FN4O2. The van der Waals surface area contributed by atoms with Gasteiger partial charge in [-0.15, -0.1) is 10.2 Å². The smallest absolute Gasteiger partial charge is 0.263 e. The van der Waals surface area contributed by atoms with E-state index in [2.05, 4.69) is 10.2 Å². The molecule has 0 radical (unpaired) electrons. The van der Waals surface area contributed by atoms with E-state index >= 15 is 0 Å². The Morgan fingerprint density at radius 3 is 2.54 bits per heavy atom. The third kappa shape index (κ3) is 2.51. The van der Waals surface area contributed by atoms with E-state index in [1.165, 1.54) is 12.1 Å². The van der Waals surface area contributed by atoms with Crippen LogP contribution in [0, 0.1) is 12.7 Å². The Balaban J connectivity index is 1.82. The quantitative estimate of drug-likeness (QED) is 0.482. The van der Waals surface area contributed by atoms with Gasteiger partial charge in [-0.25, -0.2) is 4.39 Å². The van der Waals surface area contributed by atoms with E-state index in [0.717, 1.165) is 11.3 Å². The Morgan fingerprint density at radius 1 is 1.00 bits per heavy atom. The number of rotatable bonds is 3. The van der Waals surface area contributed by atoms with Crippen LogP contribution in [0.15, 0.2) is 69.9 Å². The van der Waals surface area contributed by atoms with Crippen LogP contribution >= 0.6 is 0 Å². The van der Waals surface area contributed by atoms with Crippen LogP contribution in [0.3, 0.4) is 0 Å². The lowest BCUT2D eigenvalue weighted by Crippen LogP contribution is -2.24. The number of furan rings is 1. The van der Waals surface area contributed by atoms with Gasteiger partial charge in [0.05, 0.1) is 17.4 Å². The van der Waals surface area contributed by atoms with Gasteiger partial charge in [0.1, 0.15) is 11.6 Å². The van der Waals surface area contributed by atoms with Crippen LogP contribution in [0.1, 0.15) is 11.3 Å². The van der Waals surface area contributed by atoms with E-state index in [1.807, 2.05) is 41.7 Å². The highest BCUT2D eigenvalue weighted by Crippen LogP contribution is 2.24. The first kappa shape index (κ1) is 16.4. The SMILES string of the molecule is Cc1ccc(-c2nnc3n(Cc4ccc(F)cc4)c(=O)c4ccccc4n23)o1. The summed E-state index contributed by atoms with van der Waals surface area (Å²) in [6.45, 7) is 2.11. The lowest BCUT2D eigenvalue weighted by molar-refractivity contribution is 0.543. The molecule has 3 heterocycles. The molecule has 0 amide bonds. The zero-order valence-electron chi connectivity index (χ0n) is 15.0. The number of halogens is 1. The van der Waals surface area contributed by atoms with E-state index < -0.39 is 0 Å². The predicted molar refractivity (Wildman–Crippen MR) is 103 cm³/mol. The van der Waals surface area contributed by atoms with Gasteiger partial charge in [-0.1, -0.05) is 24.3 Å². The fraction of sp³-hybridized carbons (Fsp3) is 0.0952. The lowest BCUT2D eigenvalue weighted by Gasteiger charge is -2.11. The molecule has 0 bridgehead atoms. The number of nitrogens with zero attached hydrogens (tertiary/aromatic N) is 4. The van der Waals surface area contributed by atoms with Gasteiger partial charge in [0.2, 0.25) is 11.6 Å². The minimum absolute atomic E-state index is 0.179. The first-order valence-electron chi connectivity index (χ1n) is 8.80. The van der Waals surface area contributed by atoms with Crippen molar-refractivity contribution in [2.75, 3.05) is 0 Å². The van der Waals surface area contributed by atoms with Crippen LogP contribution in [0.2, 0.25) is 0 Å². The van der Waals surface area contributed by atoms with Crippen molar-refractivity contribution in [3.63, 3.8) is 0 Å². The number of hydrogen-bond donors (Lipinski definition) is 0. The molecule has 5 rings (SSSR count). The molecule has 5 aromatic rings. The summed E-state index contributed by atoms with van der Waals surface area (Å²) < 4.78 is 22.3. The summed E-state index contributed by atoms with van der Waals surface area (Å²) in [5, 5.41) is 9.10. The molecule has 0 fully saturated rings. The molecule has 28 heavy (non-hydrogen) atoms. The third-order valence-electron chi connectivity index (χ3n) is 4.72. The third-order valence-corrected chi connectivity index (χ3v) is 4.72. The molecule has 0 atom stereocenters. The highest BCUT2D eigenvalue weighted by atomic mass is 19.1. The van der Waals surface area contributed by atoms with Crippen LogP contribution < -0.4 is 5.56 Å². The number of aryl methyl sites for hydroxylation is 1. The molecule has 0 saturated carbocycles. The number of hydrogen-bond acceptors (Lipinski definition) is 4. The number of benzene rings is 2. The van der Waals surface area contributed by atoms with Crippen molar-refractivity contribution in [1.29, 1.82) is 0 Å². The lowest BCUT2D eigenvalue weighted by atomic mass is 10.2. The van der Waals surface area contributed by atoms with Crippen molar-refractivity contribution in [3.8, 4) is 11.6 Å². The number of para-hydroxylation sites is 1. The van der Waals surface area contributed by atoms with Crippen LogP contribution in [0.25, 0.3) is 28.3 Å². The maximum absolute atomic E-state index is 13.3. The van der Waals surface area contributed by atoms with Gasteiger partial charge in [-0.3, -0.25) is 13.8 Å². The highest BCUT2D eigenvalue weighted by Gasteiger charge is 2.19. The largest absolute Gasteiger partial charge is 0.458 e. The van der Waals surface area contributed by atoms with Gasteiger partial charge in [0, 0.05) is 0 Å². The van der Waals surface area contributed by atoms with Crippen LogP contribution in [0.5, 0.6) is 0 Å². The molecule has 7 heteroatoms. The summed E-state index contributed by atoms with van der Waals surface area (Å²) in [5.41, 5.74) is 1.31. The monoisotopic (exact) mass is 374 g/mol. The summed E-state index contributed by atoms with van der Waals surface area (Å²) in [5.74, 6) is 1.93. The first-order valence-corrected chi connectivity index (χ1v) is 8.80. The number of aromatic nitrogens is 4. The standard InChI is InChI=1S/C21H15FN4O2/c1-13-6-11-18(28-13)19-23-24-21-25(12-14-7-9-15(22)10-8-14)20(27)16-4-2-3-5-17(16)26(19)21/h2-11H,12H2,1H3. The second-order valence-electron chi connectivity index (χ2n) is 6.60. The predicted octanol–water partition coefficient (Wildman–Crippen LogP) is 3.80. The molecule has 0 unspecified atom stereocenters. The molecular weight excluding hydrogens is 359 g/mol. The van der Waals surface area contributed by atoms with Gasteiger partial charge in [-0.05, 0) is 48.9 Å². The molecule has 0 aliphatic carbocycles. The maximum Gasteiger partial charge on any atom is 0.263 e. The van der Waals surface area contributed by atoms with Crippen molar-refractivity contribution >= 4 is 16.7 Å². The molecule has 2 aromatic carbocycles. The molecule has 0 N–H and O–H groups in total. The molecule has 3 aromatic heterocycles. The fourth-order valence-corrected chi connectivity index (χ4v) is 3.39. The molecule has 0 aliphatic heterocycles. The Bertz CT molecular complexity index is 1380. The summed E-state index contributed by atoms with van der Waals surface area (Å²) >= 11 is 0. The minimum Gasteiger partial charge on any atom is -0.458 e. The summed E-state index contributed by atoms with van der Waals surface area (Å²) in [7, 11) is 0. The van der Waals surface area contributed by atoms with Gasteiger partial charge in [-0.2, -0.15) is 0 Å². The second kappa shape index (κ2) is 6.16. The average molecular weight is 374 g/mol. The normalized spacial score (nSPS) is 11.5. The van der Waals surface area contributed by atoms with Gasteiger partial charge >= 0.3 is 0 Å². The topological polar surface area (TPSA) is 65.3 Å². The maximum atomic E-state index is 13.3. The average Bonchev–Trinajstić information content (AvgIpc) is 3.33. The Hall–Kier alpha value is -3.74. The van der Waals surface area contributed by atoms with Crippen molar-refractivity contribution in [2.24, 2.45) is 0 Å². The Labute approximate surface area is 158 Å². The van der Waals surface area contributed by atoms with Crippen molar-refractivity contribution in [3.05, 3.63) is 88.2 Å². The summed E-state index contributed by atoms with van der Waals surface area (Å²) in [6, 6.07) is 17.1. The van der Waals surface area contributed by atoms with E-state index in [9.17, 15) is 9.18 Å². The zero-order valence-corrected chi connectivity index (χ0v) is 15.0. The molecule has 6 nitrogen and oxygen atoms in total. The first-order chi connectivity index (χ1) is 13.6. The summed E-state index contributed by atoms with van der Waals surface area (Å²) in [6.07, 6.45) is 0. The van der Waals surface area contributed by atoms with E-state index in [4.69, 9.17) is 4.42 Å². The molecule has 138 valence electrons. The van der Waals surface area contributed by atoms with Crippen LogP contribution in [-0.4, -0.2) is 19.2 Å². The highest BCUT2D eigenvalue weighted by molar-refractivity contribution is 5.82. The van der Waals surface area contributed by atoms with Crippen molar-refractivity contribution < 1.29 is 8.81 Å². The van der Waals surface area contributed by atoms with Crippen molar-refractivity contribution in [2.45, 2.75) is 13.5 Å². The van der Waals surface area contributed by atoms with Crippen molar-refractivity contribution in [1.82, 2.24) is 19.2 Å². The Kier molecular flexibility index (Phi) is 3.61. The van der Waals surface area contributed by atoms with Gasteiger partial charge in [0.15, 0.2) is 5.76 Å². The van der Waals surface area contributed by atoms with Crippen LogP contribution in [0.4, 0.5) is 4.39 Å². The molecule has 0 saturated heterocycles. The molecule has 0 spiro atoms.